The summed E-state index contributed by atoms with van der Waals surface area (Å²) >= 11 is 0. The molecule has 34 valence electrons. The molecule has 6 heavy (non-hydrogen) atoms. The Kier molecular flexibility index (Phi) is 5.27. The molecule has 5 heteroatoms. The molecule has 0 fully saturated rings. The second kappa shape index (κ2) is 3.12. The molecular weight excluding hydrogens is 115 g/mol. The fourth-order valence-corrected chi connectivity index (χ4v) is 0. The van der Waals surface area contributed by atoms with Crippen LogP contribution in [0.2, 0.25) is 0 Å². The fourth-order valence-electron chi connectivity index (χ4n) is 0. The topological polar surface area (TPSA) is 60.4 Å². The van der Waals surface area contributed by atoms with E-state index >= 15 is 0 Å². The average Bonchev–Trinajstić information content (AvgIpc) is 0.722. The van der Waals surface area contributed by atoms with Gasteiger partial charge in [0.2, 0.25) is 0 Å². The van der Waals surface area contributed by atoms with E-state index in [4.69, 9.17) is 4.55 Å². The molecule has 0 aliphatic heterocycles. The fraction of sp³-hybridized carbons (Fsp3) is 1.00. The van der Waals surface area contributed by atoms with E-state index in [0.29, 0.717) is 0 Å². The van der Waals surface area contributed by atoms with Gasteiger partial charge < -0.3 is 9.11 Å². The van der Waals surface area contributed by atoms with Crippen molar-refractivity contribution in [3.63, 3.8) is 0 Å². The molecule has 0 amide bonds. The molecule has 0 bridgehead atoms. The molecule has 0 saturated carbocycles. The molecule has 0 rings (SSSR count). The van der Waals surface area contributed by atoms with Gasteiger partial charge in [-0.15, -0.1) is 0 Å². The van der Waals surface area contributed by atoms with Crippen LogP contribution < -0.4 is 29.6 Å². The van der Waals surface area contributed by atoms with Crippen LogP contribution in [0.1, 0.15) is 0 Å². The molecule has 0 aliphatic rings. The van der Waals surface area contributed by atoms with Crippen molar-refractivity contribution in [2.24, 2.45) is 0 Å². The van der Waals surface area contributed by atoms with E-state index < -0.39 is 10.5 Å². The SMILES string of the molecule is C[SH](=O)([O-])O.[Na+]. The Balaban J connectivity index is 0. The van der Waals surface area contributed by atoms with Gasteiger partial charge in [0.15, 0.2) is 0 Å². The molecule has 1 N–H and O–H groups in total. The van der Waals surface area contributed by atoms with Gasteiger partial charge in [0.1, 0.15) is 0 Å². The van der Waals surface area contributed by atoms with Gasteiger partial charge in [0, 0.05) is 0 Å². The maximum absolute atomic E-state index is 9.22. The first-order valence-corrected chi connectivity index (χ1v) is 3.04. The van der Waals surface area contributed by atoms with Crippen LogP contribution in [0.5, 0.6) is 0 Å². The summed E-state index contributed by atoms with van der Waals surface area (Å²) in [7, 11) is -3.89. The third-order valence-corrected chi connectivity index (χ3v) is 0. The van der Waals surface area contributed by atoms with Gasteiger partial charge in [-0.25, -0.2) is 0 Å². The van der Waals surface area contributed by atoms with Gasteiger partial charge in [-0.05, 0) is 6.26 Å². The third-order valence-electron chi connectivity index (χ3n) is 0. The average molecular weight is 120 g/mol. The standard InChI is InChI=1S/CH6O3S.Na/c1-5(2,3)4;/h5H,1H3,(H2,2,3,4);/q;+1/p-1. The number of rotatable bonds is 0. The van der Waals surface area contributed by atoms with Crippen molar-refractivity contribution in [3.8, 4) is 0 Å². The largest absolute Gasteiger partial charge is 1.00 e. The molecule has 0 aromatic rings. The maximum atomic E-state index is 9.22. The molecule has 0 heterocycles. The zero-order chi connectivity index (χ0) is 4.50. The van der Waals surface area contributed by atoms with E-state index in [1.807, 2.05) is 0 Å². The first-order valence-electron chi connectivity index (χ1n) is 1.01. The number of thiol groups is 1. The van der Waals surface area contributed by atoms with Gasteiger partial charge in [0.25, 0.3) is 0 Å². The summed E-state index contributed by atoms with van der Waals surface area (Å²) in [6, 6.07) is 0. The minimum Gasteiger partial charge on any atom is -0.772 e. The molecule has 0 spiro atoms. The van der Waals surface area contributed by atoms with Crippen molar-refractivity contribution in [2.45, 2.75) is 0 Å². The summed E-state index contributed by atoms with van der Waals surface area (Å²) in [5, 5.41) is 0. The predicted molar refractivity (Wildman–Crippen MR) is 18.9 cm³/mol. The summed E-state index contributed by atoms with van der Waals surface area (Å²) < 4.78 is 26.0. The van der Waals surface area contributed by atoms with Crippen molar-refractivity contribution < 1.29 is 42.9 Å². The van der Waals surface area contributed by atoms with Crippen molar-refractivity contribution in [1.29, 1.82) is 0 Å². The Bertz CT molecular complexity index is 56.9. The van der Waals surface area contributed by atoms with Crippen molar-refractivity contribution in [1.82, 2.24) is 0 Å². The molecule has 0 atom stereocenters. The van der Waals surface area contributed by atoms with Gasteiger partial charge in [-0.2, -0.15) is 0 Å². The Morgan fingerprint density at radius 3 is 1.83 bits per heavy atom. The second-order valence-corrected chi connectivity index (χ2v) is 2.41. The zero-order valence-electron chi connectivity index (χ0n) is 3.71. The molecule has 0 unspecified atom stereocenters. The molecule has 0 aromatic heterocycles. The van der Waals surface area contributed by atoms with Crippen molar-refractivity contribution in [3.05, 3.63) is 0 Å². The summed E-state index contributed by atoms with van der Waals surface area (Å²) in [6.07, 6.45) is 0.743. The van der Waals surface area contributed by atoms with Crippen molar-refractivity contribution >= 4 is 10.5 Å². The summed E-state index contributed by atoms with van der Waals surface area (Å²) in [5.74, 6) is 0. The van der Waals surface area contributed by atoms with E-state index in [1.54, 1.807) is 0 Å². The van der Waals surface area contributed by atoms with Crippen LogP contribution in [0.4, 0.5) is 0 Å². The van der Waals surface area contributed by atoms with Gasteiger partial charge in [-0.3, -0.25) is 4.21 Å². The van der Waals surface area contributed by atoms with Gasteiger partial charge in [-0.1, -0.05) is 10.5 Å². The Morgan fingerprint density at radius 2 is 1.83 bits per heavy atom. The van der Waals surface area contributed by atoms with Crippen molar-refractivity contribution in [2.75, 3.05) is 6.26 Å². The number of hydrogen-bond acceptors (Lipinski definition) is 2. The monoisotopic (exact) mass is 120 g/mol. The summed E-state index contributed by atoms with van der Waals surface area (Å²) in [6.45, 7) is 0. The van der Waals surface area contributed by atoms with Crippen LogP contribution in [0.3, 0.4) is 0 Å². The van der Waals surface area contributed by atoms with Crippen LogP contribution in [-0.2, 0) is 10.5 Å². The van der Waals surface area contributed by atoms with Crippen LogP contribution in [-0.4, -0.2) is 19.6 Å². The van der Waals surface area contributed by atoms with Gasteiger partial charge >= 0.3 is 29.6 Å². The maximum Gasteiger partial charge on any atom is 1.00 e. The molecular formula is CH5NaO3S. The zero-order valence-corrected chi connectivity index (χ0v) is 6.61. The Morgan fingerprint density at radius 1 is 1.83 bits per heavy atom. The first kappa shape index (κ1) is 10.1. The quantitative estimate of drug-likeness (QED) is 0.255. The van der Waals surface area contributed by atoms with Crippen LogP contribution in [0.15, 0.2) is 0 Å². The van der Waals surface area contributed by atoms with E-state index in [0.717, 1.165) is 6.26 Å². The van der Waals surface area contributed by atoms with E-state index in [9.17, 15) is 8.76 Å². The Labute approximate surface area is 59.5 Å². The van der Waals surface area contributed by atoms with Crippen LogP contribution in [0.25, 0.3) is 0 Å². The third kappa shape index (κ3) is 73.4. The predicted octanol–water partition coefficient (Wildman–Crippen LogP) is -3.76. The molecule has 0 radical (unpaired) electrons. The summed E-state index contributed by atoms with van der Waals surface area (Å²) in [5.41, 5.74) is 0. The second-order valence-electron chi connectivity index (χ2n) is 0.803. The van der Waals surface area contributed by atoms with Crippen LogP contribution in [0, 0.1) is 0 Å². The van der Waals surface area contributed by atoms with E-state index in [-0.39, 0.29) is 29.6 Å². The molecule has 0 saturated heterocycles. The summed E-state index contributed by atoms with van der Waals surface area (Å²) in [4.78, 5) is 0. The Hall–Kier alpha value is 1.07. The normalized spacial score (nSPS) is 12.5. The van der Waals surface area contributed by atoms with Crippen LogP contribution >= 0.6 is 0 Å². The number of hydrogen-bond donors (Lipinski definition) is 2. The minimum absolute atomic E-state index is 0. The molecule has 0 aromatic carbocycles. The van der Waals surface area contributed by atoms with E-state index in [1.165, 1.54) is 0 Å². The smallest absolute Gasteiger partial charge is 0.772 e. The minimum atomic E-state index is -3.89. The van der Waals surface area contributed by atoms with E-state index in [2.05, 4.69) is 0 Å². The van der Waals surface area contributed by atoms with Gasteiger partial charge in [0.05, 0.1) is 0 Å². The molecule has 0 aliphatic carbocycles. The first-order chi connectivity index (χ1) is 2.00. The molecule has 3 nitrogen and oxygen atoms in total.